The van der Waals surface area contributed by atoms with Crippen molar-refractivity contribution in [3.05, 3.63) is 78.1 Å². The van der Waals surface area contributed by atoms with Crippen LogP contribution in [0.5, 0.6) is 11.5 Å². The Labute approximate surface area is 171 Å². The smallest absolute Gasteiger partial charge is 0.274 e. The summed E-state index contributed by atoms with van der Waals surface area (Å²) in [5, 5.41) is 2.86. The Morgan fingerprint density at radius 3 is 2.45 bits per heavy atom. The summed E-state index contributed by atoms with van der Waals surface area (Å²) < 4.78 is 10.5. The highest BCUT2D eigenvalue weighted by atomic mass is 16.5. The van der Waals surface area contributed by atoms with E-state index in [1.165, 1.54) is 5.56 Å². The van der Waals surface area contributed by atoms with E-state index in [4.69, 9.17) is 9.47 Å². The lowest BCUT2D eigenvalue weighted by Gasteiger charge is -2.23. The molecular weight excluding hydrogens is 366 g/mol. The fourth-order valence-electron chi connectivity index (χ4n) is 3.04. The molecule has 0 fully saturated rings. The number of aromatic nitrogens is 1. The lowest BCUT2D eigenvalue weighted by atomic mass is 10.2. The van der Waals surface area contributed by atoms with E-state index in [9.17, 15) is 4.79 Å². The molecule has 2 aromatic carbocycles. The first kappa shape index (κ1) is 20.2. The zero-order chi connectivity index (χ0) is 20.6. The Morgan fingerprint density at radius 1 is 1.00 bits per heavy atom. The number of amides is 1. The monoisotopic (exact) mass is 391 g/mol. The van der Waals surface area contributed by atoms with Crippen LogP contribution in [0.4, 0.5) is 11.4 Å². The van der Waals surface area contributed by atoms with Crippen LogP contribution in [-0.2, 0) is 6.54 Å². The number of rotatable bonds is 8. The molecule has 29 heavy (non-hydrogen) atoms. The van der Waals surface area contributed by atoms with Crippen molar-refractivity contribution in [2.24, 2.45) is 0 Å². The van der Waals surface area contributed by atoms with Gasteiger partial charge in [0.15, 0.2) is 11.5 Å². The molecule has 6 heteroatoms. The van der Waals surface area contributed by atoms with Gasteiger partial charge in [0.1, 0.15) is 5.69 Å². The van der Waals surface area contributed by atoms with E-state index in [0.717, 1.165) is 18.8 Å². The van der Waals surface area contributed by atoms with E-state index in [1.807, 2.05) is 30.3 Å². The molecule has 0 aliphatic carbocycles. The number of anilines is 2. The van der Waals surface area contributed by atoms with Crippen LogP contribution in [0.25, 0.3) is 0 Å². The van der Waals surface area contributed by atoms with Gasteiger partial charge in [0.2, 0.25) is 0 Å². The first-order valence-corrected chi connectivity index (χ1v) is 9.43. The molecule has 0 aliphatic heterocycles. The van der Waals surface area contributed by atoms with Crippen LogP contribution in [0.15, 0.2) is 66.9 Å². The summed E-state index contributed by atoms with van der Waals surface area (Å²) in [5.41, 5.74) is 3.12. The fourth-order valence-corrected chi connectivity index (χ4v) is 3.04. The molecule has 0 radical (unpaired) electrons. The molecule has 0 unspecified atom stereocenters. The summed E-state index contributed by atoms with van der Waals surface area (Å²) in [4.78, 5) is 19.2. The number of benzene rings is 2. The predicted molar refractivity (Wildman–Crippen MR) is 115 cm³/mol. The Morgan fingerprint density at radius 2 is 1.76 bits per heavy atom. The standard InChI is InChI=1S/C23H25N3O3/c1-4-26(16-17-8-6-5-7-9-17)19-12-13-24-20(15-19)23(27)25-18-10-11-21(28-2)22(14-18)29-3/h5-15H,4,16H2,1-3H3,(H,25,27). The third-order valence-electron chi connectivity index (χ3n) is 4.58. The molecule has 0 atom stereocenters. The van der Waals surface area contributed by atoms with Crippen LogP contribution in [-0.4, -0.2) is 31.7 Å². The van der Waals surface area contributed by atoms with Gasteiger partial charge < -0.3 is 19.7 Å². The number of hydrogen-bond donors (Lipinski definition) is 1. The Hall–Kier alpha value is -3.54. The van der Waals surface area contributed by atoms with Crippen molar-refractivity contribution in [3.8, 4) is 11.5 Å². The van der Waals surface area contributed by atoms with E-state index in [-0.39, 0.29) is 5.91 Å². The largest absolute Gasteiger partial charge is 0.493 e. The lowest BCUT2D eigenvalue weighted by molar-refractivity contribution is 0.102. The van der Waals surface area contributed by atoms with E-state index in [1.54, 1.807) is 38.6 Å². The second kappa shape index (κ2) is 9.59. The SMILES string of the molecule is CCN(Cc1ccccc1)c1ccnc(C(=O)Nc2ccc(OC)c(OC)c2)c1. The molecule has 0 saturated carbocycles. The molecule has 1 N–H and O–H groups in total. The Balaban J connectivity index is 1.76. The highest BCUT2D eigenvalue weighted by Crippen LogP contribution is 2.30. The van der Waals surface area contributed by atoms with Crippen LogP contribution in [0.3, 0.4) is 0 Å². The molecule has 1 heterocycles. The number of hydrogen-bond acceptors (Lipinski definition) is 5. The number of ether oxygens (including phenoxy) is 2. The van der Waals surface area contributed by atoms with Crippen LogP contribution in [0, 0.1) is 0 Å². The molecule has 0 saturated heterocycles. The number of pyridine rings is 1. The quantitative estimate of drug-likeness (QED) is 0.617. The van der Waals surface area contributed by atoms with Gasteiger partial charge in [0.25, 0.3) is 5.91 Å². The number of nitrogens with one attached hydrogen (secondary N) is 1. The van der Waals surface area contributed by atoms with Gasteiger partial charge in [-0.25, -0.2) is 0 Å². The predicted octanol–water partition coefficient (Wildman–Crippen LogP) is 4.38. The van der Waals surface area contributed by atoms with Crippen molar-refractivity contribution in [1.82, 2.24) is 4.98 Å². The molecule has 3 aromatic rings. The first-order valence-electron chi connectivity index (χ1n) is 9.43. The van der Waals surface area contributed by atoms with Crippen LogP contribution in [0.1, 0.15) is 23.0 Å². The lowest BCUT2D eigenvalue weighted by Crippen LogP contribution is -2.23. The van der Waals surface area contributed by atoms with Gasteiger partial charge in [-0.05, 0) is 36.8 Å². The molecule has 3 rings (SSSR count). The second-order valence-corrected chi connectivity index (χ2v) is 6.42. The van der Waals surface area contributed by atoms with Crippen LogP contribution in [0.2, 0.25) is 0 Å². The summed E-state index contributed by atoms with van der Waals surface area (Å²) in [6.07, 6.45) is 1.66. The van der Waals surface area contributed by atoms with Gasteiger partial charge in [0.05, 0.1) is 14.2 Å². The van der Waals surface area contributed by atoms with Crippen molar-refractivity contribution in [2.75, 3.05) is 31.0 Å². The van der Waals surface area contributed by atoms with Gasteiger partial charge in [-0.15, -0.1) is 0 Å². The number of carbonyl (C=O) groups is 1. The van der Waals surface area contributed by atoms with Gasteiger partial charge in [-0.2, -0.15) is 0 Å². The molecule has 0 bridgehead atoms. The van der Waals surface area contributed by atoms with E-state index < -0.39 is 0 Å². The minimum Gasteiger partial charge on any atom is -0.493 e. The van der Waals surface area contributed by atoms with Gasteiger partial charge in [-0.3, -0.25) is 9.78 Å². The second-order valence-electron chi connectivity index (χ2n) is 6.42. The first-order chi connectivity index (χ1) is 14.1. The van der Waals surface area contributed by atoms with Crippen LogP contribution >= 0.6 is 0 Å². The third-order valence-corrected chi connectivity index (χ3v) is 4.58. The van der Waals surface area contributed by atoms with Crippen LogP contribution < -0.4 is 19.7 Å². The van der Waals surface area contributed by atoms with Crippen molar-refractivity contribution < 1.29 is 14.3 Å². The minimum absolute atomic E-state index is 0.283. The normalized spacial score (nSPS) is 10.3. The Kier molecular flexibility index (Phi) is 6.68. The van der Waals surface area contributed by atoms with Gasteiger partial charge >= 0.3 is 0 Å². The molecule has 1 amide bonds. The van der Waals surface area contributed by atoms with Crippen molar-refractivity contribution >= 4 is 17.3 Å². The topological polar surface area (TPSA) is 63.7 Å². The van der Waals surface area contributed by atoms with Crippen molar-refractivity contribution in [2.45, 2.75) is 13.5 Å². The zero-order valence-corrected chi connectivity index (χ0v) is 16.9. The maximum absolute atomic E-state index is 12.7. The van der Waals surface area contributed by atoms with Crippen molar-refractivity contribution in [3.63, 3.8) is 0 Å². The summed E-state index contributed by atoms with van der Waals surface area (Å²) in [7, 11) is 3.13. The molecular formula is C23H25N3O3. The highest BCUT2D eigenvalue weighted by molar-refractivity contribution is 6.03. The average molecular weight is 391 g/mol. The summed E-state index contributed by atoms with van der Waals surface area (Å²) in [6.45, 7) is 3.67. The third kappa shape index (κ3) is 5.04. The van der Waals surface area contributed by atoms with E-state index >= 15 is 0 Å². The Bertz CT molecular complexity index is 961. The molecule has 0 aliphatic rings. The number of carbonyl (C=O) groups excluding carboxylic acids is 1. The molecule has 6 nitrogen and oxygen atoms in total. The van der Waals surface area contributed by atoms with Crippen molar-refractivity contribution in [1.29, 1.82) is 0 Å². The maximum atomic E-state index is 12.7. The summed E-state index contributed by atoms with van der Waals surface area (Å²) >= 11 is 0. The zero-order valence-electron chi connectivity index (χ0n) is 16.9. The van der Waals surface area contributed by atoms with E-state index in [0.29, 0.717) is 22.9 Å². The maximum Gasteiger partial charge on any atom is 0.274 e. The van der Waals surface area contributed by atoms with Gasteiger partial charge in [0, 0.05) is 36.7 Å². The minimum atomic E-state index is -0.283. The summed E-state index contributed by atoms with van der Waals surface area (Å²) in [5.74, 6) is 0.868. The number of methoxy groups -OCH3 is 2. The fraction of sp³-hybridized carbons (Fsp3) is 0.217. The van der Waals surface area contributed by atoms with Gasteiger partial charge in [-0.1, -0.05) is 30.3 Å². The average Bonchev–Trinajstić information content (AvgIpc) is 2.78. The summed E-state index contributed by atoms with van der Waals surface area (Å²) in [6, 6.07) is 19.2. The van der Waals surface area contributed by atoms with E-state index in [2.05, 4.69) is 34.3 Å². The molecule has 0 spiro atoms. The molecule has 150 valence electrons. The highest BCUT2D eigenvalue weighted by Gasteiger charge is 2.13. The molecule has 1 aromatic heterocycles. The number of nitrogens with zero attached hydrogens (tertiary/aromatic N) is 2.